The summed E-state index contributed by atoms with van der Waals surface area (Å²) in [4.78, 5) is 9.20. The summed E-state index contributed by atoms with van der Waals surface area (Å²) < 4.78 is 13.1. The number of hydrogen-bond acceptors (Lipinski definition) is 5. The second kappa shape index (κ2) is 13.6. The highest BCUT2D eigenvalue weighted by atomic mass is 127. The fourth-order valence-corrected chi connectivity index (χ4v) is 3.38. The Bertz CT molecular complexity index is 803. The molecule has 3 rings (SSSR count). The van der Waals surface area contributed by atoms with Crippen molar-refractivity contribution in [3.05, 3.63) is 41.3 Å². The van der Waals surface area contributed by atoms with E-state index in [2.05, 4.69) is 32.6 Å². The first-order valence-electron chi connectivity index (χ1n) is 10.9. The monoisotopic (exact) mass is 542 g/mol. The van der Waals surface area contributed by atoms with Crippen molar-refractivity contribution in [1.82, 2.24) is 25.4 Å². The number of pyridine rings is 1. The molecular weight excluding hydrogens is 507 g/mol. The van der Waals surface area contributed by atoms with Crippen molar-refractivity contribution in [2.24, 2.45) is 4.99 Å². The molecule has 2 aromatic rings. The van der Waals surface area contributed by atoms with Crippen molar-refractivity contribution in [1.29, 1.82) is 0 Å². The minimum atomic E-state index is 0. The van der Waals surface area contributed by atoms with Crippen molar-refractivity contribution >= 4 is 29.9 Å². The van der Waals surface area contributed by atoms with Crippen LogP contribution in [0.15, 0.2) is 29.4 Å². The van der Waals surface area contributed by atoms with Gasteiger partial charge in [-0.1, -0.05) is 6.07 Å². The van der Waals surface area contributed by atoms with Crippen molar-refractivity contribution in [2.45, 2.75) is 52.7 Å². The van der Waals surface area contributed by atoms with Gasteiger partial charge in [0, 0.05) is 38.2 Å². The van der Waals surface area contributed by atoms with Crippen LogP contribution in [0, 0.1) is 13.8 Å². The van der Waals surface area contributed by atoms with E-state index in [-0.39, 0.29) is 30.1 Å². The summed E-state index contributed by atoms with van der Waals surface area (Å²) in [6.07, 6.45) is 5.34. The molecule has 1 saturated heterocycles. The third-order valence-electron chi connectivity index (χ3n) is 4.89. The van der Waals surface area contributed by atoms with E-state index in [9.17, 15) is 0 Å². The molecule has 3 heterocycles. The topological polar surface area (TPSA) is 85.6 Å². The Morgan fingerprint density at radius 2 is 2.19 bits per heavy atom. The highest BCUT2D eigenvalue weighted by molar-refractivity contribution is 14.0. The molecule has 1 aliphatic heterocycles. The molecule has 0 amide bonds. The standard InChI is InChI=1S/C22H34N6O2.HI/c1-4-23-22(24-10-6-11-29-16-20-7-5-12-30-20)26-15-19-8-9-21(25-14-19)28-18(3)13-17(2)27-28;/h8-9,13-14,20H,4-7,10-12,15-16H2,1-3H3,(H2,23,24,26);1H. The lowest BCUT2D eigenvalue weighted by atomic mass is 10.2. The number of halogens is 1. The minimum absolute atomic E-state index is 0. The summed E-state index contributed by atoms with van der Waals surface area (Å²) in [6.45, 7) is 10.6. The predicted octanol–water partition coefficient (Wildman–Crippen LogP) is 3.14. The van der Waals surface area contributed by atoms with E-state index < -0.39 is 0 Å². The SMILES string of the molecule is CCNC(=NCc1ccc(-n2nc(C)cc2C)nc1)NCCCOCC1CCCO1.I. The summed E-state index contributed by atoms with van der Waals surface area (Å²) in [5.41, 5.74) is 3.11. The Morgan fingerprint density at radius 3 is 2.84 bits per heavy atom. The third-order valence-corrected chi connectivity index (χ3v) is 4.89. The molecule has 0 radical (unpaired) electrons. The fourth-order valence-electron chi connectivity index (χ4n) is 3.38. The molecule has 1 fully saturated rings. The van der Waals surface area contributed by atoms with E-state index in [1.807, 2.05) is 42.9 Å². The van der Waals surface area contributed by atoms with E-state index in [0.717, 1.165) is 74.3 Å². The molecule has 1 unspecified atom stereocenters. The fraction of sp³-hybridized carbons (Fsp3) is 0.591. The van der Waals surface area contributed by atoms with Gasteiger partial charge in [0.05, 0.1) is 24.9 Å². The van der Waals surface area contributed by atoms with Gasteiger partial charge in [0.25, 0.3) is 0 Å². The highest BCUT2D eigenvalue weighted by Crippen LogP contribution is 2.12. The zero-order valence-corrected chi connectivity index (χ0v) is 21.1. The van der Waals surface area contributed by atoms with E-state index in [1.54, 1.807) is 0 Å². The van der Waals surface area contributed by atoms with Gasteiger partial charge in [-0.05, 0) is 57.7 Å². The van der Waals surface area contributed by atoms with Crippen LogP contribution in [0.1, 0.15) is 43.1 Å². The second-order valence-electron chi connectivity index (χ2n) is 7.55. The van der Waals surface area contributed by atoms with Crippen LogP contribution in [0.4, 0.5) is 0 Å². The van der Waals surface area contributed by atoms with Crippen LogP contribution < -0.4 is 10.6 Å². The van der Waals surface area contributed by atoms with Crippen LogP contribution in [-0.4, -0.2) is 59.7 Å². The second-order valence-corrected chi connectivity index (χ2v) is 7.55. The van der Waals surface area contributed by atoms with Gasteiger partial charge in [-0.15, -0.1) is 24.0 Å². The van der Waals surface area contributed by atoms with Crippen LogP contribution in [0.2, 0.25) is 0 Å². The molecule has 172 valence electrons. The van der Waals surface area contributed by atoms with Crippen molar-refractivity contribution in [3.63, 3.8) is 0 Å². The molecule has 0 aromatic carbocycles. The number of aryl methyl sites for hydroxylation is 2. The van der Waals surface area contributed by atoms with Crippen LogP contribution in [-0.2, 0) is 16.0 Å². The summed E-state index contributed by atoms with van der Waals surface area (Å²) in [6, 6.07) is 6.07. The molecule has 9 heteroatoms. The number of rotatable bonds is 10. The van der Waals surface area contributed by atoms with Gasteiger partial charge in [0.1, 0.15) is 0 Å². The molecule has 2 N–H and O–H groups in total. The first-order valence-corrected chi connectivity index (χ1v) is 10.9. The first kappa shape index (κ1) is 25.5. The minimum Gasteiger partial charge on any atom is -0.379 e. The summed E-state index contributed by atoms with van der Waals surface area (Å²) in [5.74, 6) is 1.63. The Labute approximate surface area is 202 Å². The van der Waals surface area contributed by atoms with E-state index >= 15 is 0 Å². The van der Waals surface area contributed by atoms with Gasteiger partial charge < -0.3 is 20.1 Å². The predicted molar refractivity (Wildman–Crippen MR) is 133 cm³/mol. The summed E-state index contributed by atoms with van der Waals surface area (Å²) in [5, 5.41) is 11.1. The molecule has 31 heavy (non-hydrogen) atoms. The van der Waals surface area contributed by atoms with Crippen LogP contribution >= 0.6 is 24.0 Å². The van der Waals surface area contributed by atoms with Gasteiger partial charge in [-0.25, -0.2) is 14.7 Å². The number of aromatic nitrogens is 3. The lowest BCUT2D eigenvalue weighted by molar-refractivity contribution is 0.0168. The number of aliphatic imine (C=N–C) groups is 1. The lowest BCUT2D eigenvalue weighted by Gasteiger charge is -2.12. The van der Waals surface area contributed by atoms with Crippen molar-refractivity contribution in [3.8, 4) is 5.82 Å². The molecule has 8 nitrogen and oxygen atoms in total. The van der Waals surface area contributed by atoms with E-state index in [1.165, 1.54) is 0 Å². The van der Waals surface area contributed by atoms with Crippen LogP contribution in [0.25, 0.3) is 5.82 Å². The average molecular weight is 542 g/mol. The molecule has 0 aliphatic carbocycles. The number of ether oxygens (including phenoxy) is 2. The molecular formula is C22H35IN6O2. The third kappa shape index (κ3) is 8.38. The summed E-state index contributed by atoms with van der Waals surface area (Å²) >= 11 is 0. The molecule has 0 spiro atoms. The van der Waals surface area contributed by atoms with Crippen molar-refractivity contribution < 1.29 is 9.47 Å². The summed E-state index contributed by atoms with van der Waals surface area (Å²) in [7, 11) is 0. The van der Waals surface area contributed by atoms with Gasteiger partial charge >= 0.3 is 0 Å². The maximum atomic E-state index is 5.71. The van der Waals surface area contributed by atoms with Gasteiger partial charge in [-0.3, -0.25) is 0 Å². The smallest absolute Gasteiger partial charge is 0.191 e. The van der Waals surface area contributed by atoms with Gasteiger partial charge in [0.2, 0.25) is 0 Å². The molecule has 2 aromatic heterocycles. The number of hydrogen-bond donors (Lipinski definition) is 2. The zero-order valence-electron chi connectivity index (χ0n) is 18.8. The maximum absolute atomic E-state index is 5.71. The van der Waals surface area contributed by atoms with E-state index in [0.29, 0.717) is 13.2 Å². The largest absolute Gasteiger partial charge is 0.379 e. The first-order chi connectivity index (χ1) is 14.7. The zero-order chi connectivity index (χ0) is 21.2. The molecule has 0 bridgehead atoms. The molecule has 1 aliphatic rings. The quantitative estimate of drug-likeness (QED) is 0.208. The average Bonchev–Trinajstić information content (AvgIpc) is 3.38. The Morgan fingerprint density at radius 1 is 1.32 bits per heavy atom. The molecule has 0 saturated carbocycles. The van der Waals surface area contributed by atoms with Gasteiger partial charge in [-0.2, -0.15) is 5.10 Å². The lowest BCUT2D eigenvalue weighted by Crippen LogP contribution is -2.38. The van der Waals surface area contributed by atoms with E-state index in [4.69, 9.17) is 9.47 Å². The number of nitrogens with one attached hydrogen (secondary N) is 2. The number of guanidine groups is 1. The van der Waals surface area contributed by atoms with Crippen LogP contribution in [0.3, 0.4) is 0 Å². The molecule has 1 atom stereocenters. The van der Waals surface area contributed by atoms with Gasteiger partial charge in [0.15, 0.2) is 11.8 Å². The normalized spacial score (nSPS) is 16.2. The Kier molecular flexibility index (Phi) is 11.2. The maximum Gasteiger partial charge on any atom is 0.191 e. The highest BCUT2D eigenvalue weighted by Gasteiger charge is 2.14. The Hall–Kier alpha value is -1.72. The van der Waals surface area contributed by atoms with Crippen molar-refractivity contribution in [2.75, 3.05) is 32.9 Å². The van der Waals surface area contributed by atoms with Crippen LogP contribution in [0.5, 0.6) is 0 Å². The number of nitrogens with zero attached hydrogens (tertiary/aromatic N) is 4. The Balaban J connectivity index is 0.00000341.